The quantitative estimate of drug-likeness (QED) is 0.401. The third kappa shape index (κ3) is 4.64. The highest BCUT2D eigenvalue weighted by atomic mass is 32.1. The van der Waals surface area contributed by atoms with Crippen molar-refractivity contribution in [2.45, 2.75) is 27.2 Å². The minimum Gasteiger partial charge on any atom is -0.436 e. The predicted octanol–water partition coefficient (Wildman–Crippen LogP) is 5.80. The molecule has 4 rings (SSSR count). The molecule has 0 saturated carbocycles. The van der Waals surface area contributed by atoms with Crippen LogP contribution in [0.2, 0.25) is 0 Å². The standard InChI is InChI=1S/C25H23N3O2S/c1-4-17-7-10-18(11-8-17)23(29)28-25(31)27-20-14-19(9-6-16(20)3)24-26-21-13-15(2)5-12-22(21)30-24/h5-14H,4H2,1-3H3,(H2,27,28,29,31). The van der Waals surface area contributed by atoms with Gasteiger partial charge in [0.1, 0.15) is 5.52 Å². The first-order chi connectivity index (χ1) is 14.9. The van der Waals surface area contributed by atoms with Gasteiger partial charge in [0.2, 0.25) is 5.89 Å². The first-order valence-electron chi connectivity index (χ1n) is 10.1. The number of aromatic nitrogens is 1. The fourth-order valence-electron chi connectivity index (χ4n) is 3.27. The van der Waals surface area contributed by atoms with Gasteiger partial charge < -0.3 is 9.73 Å². The molecule has 0 aliphatic carbocycles. The molecule has 5 nitrogen and oxygen atoms in total. The molecule has 3 aromatic carbocycles. The van der Waals surface area contributed by atoms with Crippen LogP contribution < -0.4 is 10.6 Å². The normalized spacial score (nSPS) is 10.8. The summed E-state index contributed by atoms with van der Waals surface area (Å²) in [6.07, 6.45) is 0.928. The number of amides is 1. The third-order valence-corrected chi connectivity index (χ3v) is 5.33. The van der Waals surface area contributed by atoms with Gasteiger partial charge in [-0.2, -0.15) is 0 Å². The molecule has 31 heavy (non-hydrogen) atoms. The van der Waals surface area contributed by atoms with E-state index in [1.165, 1.54) is 5.56 Å². The first kappa shape index (κ1) is 20.8. The number of benzene rings is 3. The lowest BCUT2D eigenvalue weighted by molar-refractivity contribution is 0.0977. The maximum Gasteiger partial charge on any atom is 0.257 e. The Morgan fingerprint density at radius 3 is 2.55 bits per heavy atom. The fourth-order valence-corrected chi connectivity index (χ4v) is 3.47. The summed E-state index contributed by atoms with van der Waals surface area (Å²) in [5.74, 6) is 0.290. The van der Waals surface area contributed by atoms with Crippen molar-refractivity contribution in [3.63, 3.8) is 0 Å². The number of nitrogens with one attached hydrogen (secondary N) is 2. The number of aryl methyl sites for hydroxylation is 3. The number of nitrogens with zero attached hydrogens (tertiary/aromatic N) is 1. The molecule has 0 spiro atoms. The summed E-state index contributed by atoms with van der Waals surface area (Å²) < 4.78 is 5.91. The topological polar surface area (TPSA) is 67.2 Å². The van der Waals surface area contributed by atoms with Gasteiger partial charge in [0.05, 0.1) is 0 Å². The van der Waals surface area contributed by atoms with Crippen LogP contribution in [0.4, 0.5) is 5.69 Å². The lowest BCUT2D eigenvalue weighted by atomic mass is 10.1. The van der Waals surface area contributed by atoms with Gasteiger partial charge in [-0.05, 0) is 85.6 Å². The van der Waals surface area contributed by atoms with Gasteiger partial charge in [-0.1, -0.05) is 31.2 Å². The van der Waals surface area contributed by atoms with Crippen molar-refractivity contribution in [3.05, 3.63) is 82.9 Å². The summed E-state index contributed by atoms with van der Waals surface area (Å²) in [6, 6.07) is 19.2. The first-order valence-corrected chi connectivity index (χ1v) is 10.5. The van der Waals surface area contributed by atoms with Crippen molar-refractivity contribution < 1.29 is 9.21 Å². The fraction of sp³-hybridized carbons (Fsp3) is 0.160. The van der Waals surface area contributed by atoms with Crippen molar-refractivity contribution >= 4 is 40.0 Å². The summed E-state index contributed by atoms with van der Waals surface area (Å²) in [4.78, 5) is 17.1. The van der Waals surface area contributed by atoms with E-state index in [4.69, 9.17) is 16.6 Å². The molecule has 0 atom stereocenters. The molecule has 0 aliphatic heterocycles. The Balaban J connectivity index is 1.51. The van der Waals surface area contributed by atoms with Crippen LogP contribution in [-0.2, 0) is 6.42 Å². The van der Waals surface area contributed by atoms with Crippen molar-refractivity contribution in [1.82, 2.24) is 10.3 Å². The van der Waals surface area contributed by atoms with Crippen LogP contribution in [0, 0.1) is 13.8 Å². The van der Waals surface area contributed by atoms with E-state index in [-0.39, 0.29) is 11.0 Å². The molecule has 0 fully saturated rings. The lowest BCUT2D eigenvalue weighted by Gasteiger charge is -2.13. The van der Waals surface area contributed by atoms with Crippen LogP contribution in [-0.4, -0.2) is 16.0 Å². The Kier molecular flexibility index (Phi) is 5.82. The summed E-state index contributed by atoms with van der Waals surface area (Å²) >= 11 is 5.37. The minimum absolute atomic E-state index is 0.234. The molecular formula is C25H23N3O2S. The highest BCUT2D eigenvalue weighted by Crippen LogP contribution is 2.28. The molecule has 6 heteroatoms. The Hall–Kier alpha value is -3.51. The summed E-state index contributed by atoms with van der Waals surface area (Å²) in [6.45, 7) is 6.07. The van der Waals surface area contributed by atoms with E-state index in [2.05, 4.69) is 22.5 Å². The number of hydrogen-bond donors (Lipinski definition) is 2. The molecule has 2 N–H and O–H groups in total. The highest BCUT2D eigenvalue weighted by Gasteiger charge is 2.12. The summed E-state index contributed by atoms with van der Waals surface area (Å²) in [5.41, 5.74) is 7.03. The van der Waals surface area contributed by atoms with Crippen LogP contribution in [0.5, 0.6) is 0 Å². The van der Waals surface area contributed by atoms with Gasteiger partial charge in [-0.25, -0.2) is 4.98 Å². The van der Waals surface area contributed by atoms with E-state index < -0.39 is 0 Å². The Morgan fingerprint density at radius 2 is 1.81 bits per heavy atom. The highest BCUT2D eigenvalue weighted by molar-refractivity contribution is 7.80. The zero-order valence-electron chi connectivity index (χ0n) is 17.7. The molecule has 1 amide bonds. The van der Waals surface area contributed by atoms with Crippen molar-refractivity contribution in [2.75, 3.05) is 5.32 Å². The summed E-state index contributed by atoms with van der Waals surface area (Å²) in [5, 5.41) is 6.09. The number of carbonyl (C=O) groups excluding carboxylic acids is 1. The van der Waals surface area contributed by atoms with E-state index >= 15 is 0 Å². The Morgan fingerprint density at radius 1 is 1.03 bits per heavy atom. The van der Waals surface area contributed by atoms with Crippen LogP contribution in [0.15, 0.2) is 65.1 Å². The van der Waals surface area contributed by atoms with E-state index in [9.17, 15) is 4.79 Å². The second kappa shape index (κ2) is 8.70. The molecule has 156 valence electrons. The number of carbonyl (C=O) groups is 1. The Labute approximate surface area is 186 Å². The molecule has 0 radical (unpaired) electrons. The number of oxazole rings is 1. The van der Waals surface area contributed by atoms with E-state index in [1.54, 1.807) is 12.1 Å². The average molecular weight is 430 g/mol. The van der Waals surface area contributed by atoms with Crippen molar-refractivity contribution in [1.29, 1.82) is 0 Å². The number of fused-ring (bicyclic) bond motifs is 1. The smallest absolute Gasteiger partial charge is 0.257 e. The predicted molar refractivity (Wildman–Crippen MR) is 128 cm³/mol. The largest absolute Gasteiger partial charge is 0.436 e. The van der Waals surface area contributed by atoms with Gasteiger partial charge in [0, 0.05) is 16.8 Å². The molecule has 0 unspecified atom stereocenters. The zero-order valence-corrected chi connectivity index (χ0v) is 18.5. The monoisotopic (exact) mass is 429 g/mol. The average Bonchev–Trinajstić information content (AvgIpc) is 3.18. The number of rotatable bonds is 4. The second-order valence-corrected chi connectivity index (χ2v) is 7.89. The maximum absolute atomic E-state index is 12.5. The van der Waals surface area contributed by atoms with E-state index in [0.29, 0.717) is 11.5 Å². The number of thiocarbonyl (C=S) groups is 1. The van der Waals surface area contributed by atoms with Gasteiger partial charge >= 0.3 is 0 Å². The van der Waals surface area contributed by atoms with Crippen LogP contribution in [0.1, 0.15) is 34.0 Å². The number of anilines is 1. The van der Waals surface area contributed by atoms with Crippen LogP contribution in [0.25, 0.3) is 22.6 Å². The summed E-state index contributed by atoms with van der Waals surface area (Å²) in [7, 11) is 0. The molecule has 0 aliphatic rings. The SMILES string of the molecule is CCc1ccc(C(=O)NC(=S)Nc2cc(-c3nc4cc(C)ccc4o3)ccc2C)cc1. The molecule has 0 saturated heterocycles. The van der Waals surface area contributed by atoms with Gasteiger partial charge in [0.25, 0.3) is 5.91 Å². The van der Waals surface area contributed by atoms with Crippen LogP contribution >= 0.6 is 12.2 Å². The maximum atomic E-state index is 12.5. The van der Waals surface area contributed by atoms with Gasteiger partial charge in [0.15, 0.2) is 10.7 Å². The van der Waals surface area contributed by atoms with Crippen molar-refractivity contribution in [3.8, 4) is 11.5 Å². The molecule has 0 bridgehead atoms. The second-order valence-electron chi connectivity index (χ2n) is 7.48. The number of hydrogen-bond acceptors (Lipinski definition) is 4. The molecule has 1 aromatic heterocycles. The Bertz CT molecular complexity index is 1280. The molecule has 1 heterocycles. The molecular weight excluding hydrogens is 406 g/mol. The van der Waals surface area contributed by atoms with Crippen molar-refractivity contribution in [2.24, 2.45) is 0 Å². The van der Waals surface area contributed by atoms with Crippen LogP contribution in [0.3, 0.4) is 0 Å². The minimum atomic E-state index is -0.247. The lowest BCUT2D eigenvalue weighted by Crippen LogP contribution is -2.34. The van der Waals surface area contributed by atoms with E-state index in [1.807, 2.05) is 62.4 Å². The third-order valence-electron chi connectivity index (χ3n) is 5.13. The van der Waals surface area contributed by atoms with E-state index in [0.717, 1.165) is 39.9 Å². The zero-order chi connectivity index (χ0) is 22.0. The molecule has 4 aromatic rings. The van der Waals surface area contributed by atoms with Gasteiger partial charge in [-0.15, -0.1) is 0 Å². The van der Waals surface area contributed by atoms with Gasteiger partial charge in [-0.3, -0.25) is 10.1 Å².